The summed E-state index contributed by atoms with van der Waals surface area (Å²) in [5.74, 6) is 0.420. The van der Waals surface area contributed by atoms with Crippen molar-refractivity contribution >= 4 is 34.1 Å². The van der Waals surface area contributed by atoms with Crippen LogP contribution in [-0.2, 0) is 0 Å². The molecule has 5 nitrogen and oxygen atoms in total. The Hall–Kier alpha value is -2.66. The first-order valence-electron chi connectivity index (χ1n) is 6.78. The van der Waals surface area contributed by atoms with Gasteiger partial charge in [0.25, 0.3) is 0 Å². The van der Waals surface area contributed by atoms with Gasteiger partial charge in [0.1, 0.15) is 23.2 Å². The van der Waals surface area contributed by atoms with E-state index in [2.05, 4.69) is 15.0 Å². The lowest BCUT2D eigenvalue weighted by atomic mass is 10.0. The van der Waals surface area contributed by atoms with Crippen molar-refractivity contribution in [1.29, 1.82) is 0 Å². The Bertz CT molecular complexity index is 1000. The van der Waals surface area contributed by atoms with Crippen LogP contribution in [0.5, 0.6) is 0 Å². The van der Waals surface area contributed by atoms with Crippen LogP contribution in [0.2, 0.25) is 5.02 Å². The molecule has 0 spiro atoms. The fourth-order valence-electron chi connectivity index (χ4n) is 2.74. The van der Waals surface area contributed by atoms with Crippen LogP contribution in [0, 0.1) is 6.92 Å². The van der Waals surface area contributed by atoms with Gasteiger partial charge in [-0.25, -0.2) is 15.0 Å². The number of aryl methyl sites for hydroxylation is 1. The van der Waals surface area contributed by atoms with Gasteiger partial charge in [0.2, 0.25) is 0 Å². The Labute approximate surface area is 131 Å². The maximum Gasteiger partial charge on any atom is 0.165 e. The van der Waals surface area contributed by atoms with Gasteiger partial charge in [-0.15, -0.1) is 0 Å². The second kappa shape index (κ2) is 4.68. The minimum atomic E-state index is 0.420. The van der Waals surface area contributed by atoms with Gasteiger partial charge in [0, 0.05) is 22.3 Å². The van der Waals surface area contributed by atoms with Crippen molar-refractivity contribution in [3.05, 3.63) is 53.6 Å². The summed E-state index contributed by atoms with van der Waals surface area (Å²) < 4.78 is 1.84. The molecule has 0 saturated carbocycles. The van der Waals surface area contributed by atoms with E-state index in [-0.39, 0.29) is 0 Å². The third kappa shape index (κ3) is 1.76. The SMILES string of the molecule is Cc1cccc(Cl)c1-c1ccnc2c1nc(N)c1cncn12. The van der Waals surface area contributed by atoms with Crippen molar-refractivity contribution in [2.75, 3.05) is 5.73 Å². The molecule has 3 heterocycles. The van der Waals surface area contributed by atoms with Gasteiger partial charge < -0.3 is 5.73 Å². The number of fused-ring (bicyclic) bond motifs is 3. The fraction of sp³-hybridized carbons (Fsp3) is 0.0625. The van der Waals surface area contributed by atoms with Crippen LogP contribution in [-0.4, -0.2) is 19.4 Å². The van der Waals surface area contributed by atoms with E-state index in [9.17, 15) is 0 Å². The molecule has 22 heavy (non-hydrogen) atoms. The Morgan fingerprint density at radius 2 is 2.09 bits per heavy atom. The summed E-state index contributed by atoms with van der Waals surface area (Å²) in [6.45, 7) is 2.02. The first-order chi connectivity index (χ1) is 10.7. The van der Waals surface area contributed by atoms with E-state index in [1.54, 1.807) is 18.7 Å². The monoisotopic (exact) mass is 309 g/mol. The van der Waals surface area contributed by atoms with E-state index in [1.165, 1.54) is 0 Å². The van der Waals surface area contributed by atoms with Gasteiger partial charge in [-0.2, -0.15) is 0 Å². The molecule has 0 atom stereocenters. The second-order valence-corrected chi connectivity index (χ2v) is 5.52. The number of halogens is 1. The minimum absolute atomic E-state index is 0.420. The van der Waals surface area contributed by atoms with E-state index >= 15 is 0 Å². The molecule has 2 N–H and O–H groups in total. The van der Waals surface area contributed by atoms with Gasteiger partial charge in [-0.1, -0.05) is 23.7 Å². The van der Waals surface area contributed by atoms with Crippen LogP contribution in [0.15, 0.2) is 43.0 Å². The van der Waals surface area contributed by atoms with E-state index in [4.69, 9.17) is 17.3 Å². The van der Waals surface area contributed by atoms with Crippen molar-refractivity contribution < 1.29 is 0 Å². The summed E-state index contributed by atoms with van der Waals surface area (Å²) in [6.07, 6.45) is 5.11. The molecule has 3 aromatic heterocycles. The molecule has 0 amide bonds. The summed E-state index contributed by atoms with van der Waals surface area (Å²) in [7, 11) is 0. The molecule has 0 fully saturated rings. The summed E-state index contributed by atoms with van der Waals surface area (Å²) in [5, 5.41) is 0.679. The van der Waals surface area contributed by atoms with Gasteiger partial charge in [0.05, 0.1) is 6.20 Å². The number of nitrogens with two attached hydrogens (primary N) is 1. The van der Waals surface area contributed by atoms with E-state index in [0.717, 1.165) is 22.2 Å². The smallest absolute Gasteiger partial charge is 0.165 e. The summed E-state index contributed by atoms with van der Waals surface area (Å²) in [4.78, 5) is 13.1. The van der Waals surface area contributed by atoms with Crippen LogP contribution in [0.3, 0.4) is 0 Å². The van der Waals surface area contributed by atoms with Crippen LogP contribution in [0.25, 0.3) is 27.8 Å². The number of imidazole rings is 1. The molecular formula is C16H12ClN5. The molecule has 0 radical (unpaired) electrons. The van der Waals surface area contributed by atoms with Crippen molar-refractivity contribution in [3.63, 3.8) is 0 Å². The van der Waals surface area contributed by atoms with Crippen LogP contribution in [0.4, 0.5) is 5.82 Å². The normalized spacial score (nSPS) is 11.4. The molecule has 4 rings (SSSR count). The Balaban J connectivity index is 2.18. The van der Waals surface area contributed by atoms with E-state index < -0.39 is 0 Å². The van der Waals surface area contributed by atoms with Crippen LogP contribution >= 0.6 is 11.6 Å². The highest BCUT2D eigenvalue weighted by Gasteiger charge is 2.15. The Morgan fingerprint density at radius 3 is 2.91 bits per heavy atom. The number of anilines is 1. The molecule has 0 bridgehead atoms. The van der Waals surface area contributed by atoms with E-state index in [0.29, 0.717) is 22.0 Å². The Kier molecular flexibility index (Phi) is 2.77. The fourth-order valence-corrected chi connectivity index (χ4v) is 3.06. The number of aromatic nitrogens is 4. The average Bonchev–Trinajstić information content (AvgIpc) is 2.98. The highest BCUT2D eigenvalue weighted by atomic mass is 35.5. The average molecular weight is 310 g/mol. The third-order valence-electron chi connectivity index (χ3n) is 3.76. The number of pyridine rings is 1. The maximum atomic E-state index is 6.40. The predicted octanol–water partition coefficient (Wildman–Crippen LogP) is 3.49. The first-order valence-corrected chi connectivity index (χ1v) is 7.16. The lowest BCUT2D eigenvalue weighted by molar-refractivity contribution is 1.14. The molecule has 0 aliphatic heterocycles. The molecule has 1 aromatic carbocycles. The standard InChI is InChI=1S/C16H12ClN5/c1-9-3-2-4-11(17)13(9)10-5-6-20-16-14(10)21-15(18)12-7-19-8-22(12)16/h2-8H,1H3,(H2,18,21). The van der Waals surface area contributed by atoms with E-state index in [1.807, 2.05) is 35.6 Å². The van der Waals surface area contributed by atoms with Crippen molar-refractivity contribution in [2.45, 2.75) is 6.92 Å². The molecule has 6 heteroatoms. The lowest BCUT2D eigenvalue weighted by Gasteiger charge is -2.12. The first kappa shape index (κ1) is 13.0. The maximum absolute atomic E-state index is 6.40. The predicted molar refractivity (Wildman–Crippen MR) is 87.9 cm³/mol. The lowest BCUT2D eigenvalue weighted by Crippen LogP contribution is -2.01. The highest BCUT2D eigenvalue weighted by molar-refractivity contribution is 6.33. The second-order valence-electron chi connectivity index (χ2n) is 5.11. The number of hydrogen-bond donors (Lipinski definition) is 1. The molecular weight excluding hydrogens is 298 g/mol. The molecule has 0 saturated heterocycles. The Morgan fingerprint density at radius 1 is 1.23 bits per heavy atom. The van der Waals surface area contributed by atoms with Crippen LogP contribution in [0.1, 0.15) is 5.56 Å². The zero-order valence-corrected chi connectivity index (χ0v) is 12.5. The number of benzene rings is 1. The number of nitrogen functional groups attached to an aromatic ring is 1. The number of hydrogen-bond acceptors (Lipinski definition) is 4. The van der Waals surface area contributed by atoms with Gasteiger partial charge in [-0.05, 0) is 24.6 Å². The molecule has 0 aliphatic rings. The zero-order valence-electron chi connectivity index (χ0n) is 11.8. The molecule has 0 unspecified atom stereocenters. The minimum Gasteiger partial charge on any atom is -0.382 e. The third-order valence-corrected chi connectivity index (χ3v) is 4.07. The topological polar surface area (TPSA) is 69.1 Å². The number of rotatable bonds is 1. The van der Waals surface area contributed by atoms with Gasteiger partial charge >= 0.3 is 0 Å². The van der Waals surface area contributed by atoms with Crippen molar-refractivity contribution in [2.24, 2.45) is 0 Å². The summed E-state index contributed by atoms with van der Waals surface area (Å²) in [5.41, 5.74) is 11.2. The number of nitrogens with zero attached hydrogens (tertiary/aromatic N) is 4. The molecule has 108 valence electrons. The van der Waals surface area contributed by atoms with Gasteiger partial charge in [0.15, 0.2) is 5.65 Å². The highest BCUT2D eigenvalue weighted by Crippen LogP contribution is 2.35. The van der Waals surface area contributed by atoms with Gasteiger partial charge in [-0.3, -0.25) is 4.40 Å². The summed E-state index contributed by atoms with van der Waals surface area (Å²) >= 11 is 6.40. The molecule has 4 aromatic rings. The molecule has 0 aliphatic carbocycles. The van der Waals surface area contributed by atoms with Crippen LogP contribution < -0.4 is 5.73 Å². The zero-order chi connectivity index (χ0) is 15.3. The van der Waals surface area contributed by atoms with Crippen molar-refractivity contribution in [3.8, 4) is 11.1 Å². The van der Waals surface area contributed by atoms with Crippen molar-refractivity contribution in [1.82, 2.24) is 19.4 Å². The quantitative estimate of drug-likeness (QED) is 0.584. The summed E-state index contributed by atoms with van der Waals surface area (Å²) in [6, 6.07) is 7.73. The largest absolute Gasteiger partial charge is 0.382 e.